The number of rotatable bonds is 9. The zero-order chi connectivity index (χ0) is 22.9. The minimum Gasteiger partial charge on any atom is -0.372 e. The smallest absolute Gasteiger partial charge is 0.267 e. The van der Waals surface area contributed by atoms with Crippen LogP contribution in [0.15, 0.2) is 102 Å². The SMILES string of the molecule is O=C(Cn1nc(-c2ccccc2)ccc1=O)NCc1ccc(COCc2ccccc2)cc1. The average molecular weight is 440 g/mol. The highest BCUT2D eigenvalue weighted by Gasteiger charge is 2.08. The van der Waals surface area contributed by atoms with Gasteiger partial charge in [-0.25, -0.2) is 4.68 Å². The molecular weight excluding hydrogens is 414 g/mol. The Morgan fingerprint density at radius 3 is 2.06 bits per heavy atom. The van der Waals surface area contributed by atoms with Gasteiger partial charge in [-0.05, 0) is 22.8 Å². The third-order valence-electron chi connectivity index (χ3n) is 5.12. The van der Waals surface area contributed by atoms with Gasteiger partial charge in [-0.15, -0.1) is 0 Å². The van der Waals surface area contributed by atoms with Crippen molar-refractivity contribution in [2.24, 2.45) is 0 Å². The van der Waals surface area contributed by atoms with Crippen LogP contribution in [0.1, 0.15) is 16.7 Å². The van der Waals surface area contributed by atoms with Crippen molar-refractivity contribution in [3.63, 3.8) is 0 Å². The van der Waals surface area contributed by atoms with E-state index in [1.165, 1.54) is 10.7 Å². The van der Waals surface area contributed by atoms with E-state index in [4.69, 9.17) is 4.74 Å². The lowest BCUT2D eigenvalue weighted by Crippen LogP contribution is -2.33. The summed E-state index contributed by atoms with van der Waals surface area (Å²) < 4.78 is 6.94. The van der Waals surface area contributed by atoms with Gasteiger partial charge in [0.1, 0.15) is 6.54 Å². The first kappa shape index (κ1) is 22.2. The maximum Gasteiger partial charge on any atom is 0.267 e. The highest BCUT2D eigenvalue weighted by atomic mass is 16.5. The van der Waals surface area contributed by atoms with Crippen LogP contribution in [0.25, 0.3) is 11.3 Å². The van der Waals surface area contributed by atoms with E-state index in [9.17, 15) is 9.59 Å². The monoisotopic (exact) mass is 439 g/mol. The third kappa shape index (κ3) is 6.48. The van der Waals surface area contributed by atoms with Crippen molar-refractivity contribution in [1.82, 2.24) is 15.1 Å². The normalized spacial score (nSPS) is 10.7. The van der Waals surface area contributed by atoms with E-state index in [1.807, 2.05) is 84.9 Å². The molecule has 166 valence electrons. The topological polar surface area (TPSA) is 73.2 Å². The molecule has 0 saturated heterocycles. The van der Waals surface area contributed by atoms with Crippen molar-refractivity contribution in [1.29, 1.82) is 0 Å². The van der Waals surface area contributed by atoms with Crippen molar-refractivity contribution in [3.8, 4) is 11.3 Å². The number of nitrogens with one attached hydrogen (secondary N) is 1. The van der Waals surface area contributed by atoms with Gasteiger partial charge in [0.05, 0.1) is 18.9 Å². The van der Waals surface area contributed by atoms with Crippen LogP contribution in [-0.4, -0.2) is 15.7 Å². The van der Waals surface area contributed by atoms with E-state index in [1.54, 1.807) is 6.07 Å². The quantitative estimate of drug-likeness (QED) is 0.429. The van der Waals surface area contributed by atoms with Crippen molar-refractivity contribution in [2.75, 3.05) is 0 Å². The molecule has 4 rings (SSSR count). The molecule has 0 fully saturated rings. The number of amides is 1. The minimum atomic E-state index is -0.315. The Balaban J connectivity index is 1.27. The summed E-state index contributed by atoms with van der Waals surface area (Å²) in [6.45, 7) is 1.33. The van der Waals surface area contributed by atoms with E-state index in [0.29, 0.717) is 25.5 Å². The predicted molar refractivity (Wildman–Crippen MR) is 127 cm³/mol. The van der Waals surface area contributed by atoms with Gasteiger partial charge in [-0.3, -0.25) is 9.59 Å². The number of benzene rings is 3. The zero-order valence-electron chi connectivity index (χ0n) is 18.2. The predicted octanol–water partition coefficient (Wildman–Crippen LogP) is 3.94. The first-order chi connectivity index (χ1) is 16.2. The van der Waals surface area contributed by atoms with Crippen molar-refractivity contribution in [2.45, 2.75) is 26.3 Å². The molecule has 4 aromatic rings. The highest BCUT2D eigenvalue weighted by Crippen LogP contribution is 2.14. The van der Waals surface area contributed by atoms with Crippen molar-refractivity contribution >= 4 is 5.91 Å². The van der Waals surface area contributed by atoms with Gasteiger partial charge in [0.15, 0.2) is 0 Å². The number of aromatic nitrogens is 2. The molecule has 0 bridgehead atoms. The van der Waals surface area contributed by atoms with Crippen LogP contribution >= 0.6 is 0 Å². The first-order valence-electron chi connectivity index (χ1n) is 10.8. The van der Waals surface area contributed by atoms with Crippen LogP contribution in [-0.2, 0) is 35.8 Å². The molecule has 3 aromatic carbocycles. The van der Waals surface area contributed by atoms with E-state index in [2.05, 4.69) is 10.4 Å². The molecule has 0 aliphatic heterocycles. The minimum absolute atomic E-state index is 0.134. The molecule has 6 nitrogen and oxygen atoms in total. The van der Waals surface area contributed by atoms with Gasteiger partial charge in [0.25, 0.3) is 5.56 Å². The van der Waals surface area contributed by atoms with Crippen LogP contribution in [0.5, 0.6) is 0 Å². The molecule has 1 aromatic heterocycles. The Morgan fingerprint density at radius 2 is 1.36 bits per heavy atom. The average Bonchev–Trinajstić information content (AvgIpc) is 2.86. The summed E-state index contributed by atoms with van der Waals surface area (Å²) in [4.78, 5) is 24.5. The Bertz CT molecular complexity index is 1240. The maximum atomic E-state index is 12.4. The molecule has 1 heterocycles. The molecule has 0 unspecified atom stereocenters. The second-order valence-electron chi connectivity index (χ2n) is 7.65. The largest absolute Gasteiger partial charge is 0.372 e. The molecule has 0 atom stereocenters. The molecule has 1 N–H and O–H groups in total. The van der Waals surface area contributed by atoms with Crippen molar-refractivity contribution in [3.05, 3.63) is 124 Å². The third-order valence-corrected chi connectivity index (χ3v) is 5.12. The lowest BCUT2D eigenvalue weighted by Gasteiger charge is -2.09. The van der Waals surface area contributed by atoms with Gasteiger partial charge in [-0.1, -0.05) is 84.9 Å². The summed E-state index contributed by atoms with van der Waals surface area (Å²) in [6.07, 6.45) is 0. The summed E-state index contributed by atoms with van der Waals surface area (Å²) in [5.41, 5.74) is 4.39. The molecule has 0 saturated carbocycles. The summed E-state index contributed by atoms with van der Waals surface area (Å²) in [6, 6.07) is 30.6. The van der Waals surface area contributed by atoms with Crippen LogP contribution in [0.3, 0.4) is 0 Å². The number of hydrogen-bond donors (Lipinski definition) is 1. The molecular formula is C27H25N3O3. The van der Waals surface area contributed by atoms with E-state index in [-0.39, 0.29) is 18.0 Å². The van der Waals surface area contributed by atoms with Gasteiger partial charge < -0.3 is 10.1 Å². The molecule has 0 aliphatic carbocycles. The fourth-order valence-corrected chi connectivity index (χ4v) is 3.33. The molecule has 0 radical (unpaired) electrons. The van der Waals surface area contributed by atoms with Gasteiger partial charge in [0.2, 0.25) is 5.91 Å². The number of nitrogens with zero attached hydrogens (tertiary/aromatic N) is 2. The summed E-state index contributed by atoms with van der Waals surface area (Å²) in [5.74, 6) is -0.273. The zero-order valence-corrected chi connectivity index (χ0v) is 18.2. The number of carbonyl (C=O) groups is 1. The van der Waals surface area contributed by atoms with E-state index in [0.717, 1.165) is 22.3 Å². The van der Waals surface area contributed by atoms with Gasteiger partial charge >= 0.3 is 0 Å². The fourth-order valence-electron chi connectivity index (χ4n) is 3.33. The molecule has 0 aliphatic rings. The highest BCUT2D eigenvalue weighted by molar-refractivity contribution is 5.75. The molecule has 0 spiro atoms. The number of carbonyl (C=O) groups excluding carboxylic acids is 1. The second-order valence-corrected chi connectivity index (χ2v) is 7.65. The van der Waals surface area contributed by atoms with Crippen LogP contribution in [0.4, 0.5) is 0 Å². The Kier molecular flexibility index (Phi) is 7.40. The Morgan fingerprint density at radius 1 is 0.758 bits per heavy atom. The van der Waals surface area contributed by atoms with E-state index >= 15 is 0 Å². The van der Waals surface area contributed by atoms with E-state index < -0.39 is 0 Å². The second kappa shape index (κ2) is 11.0. The summed E-state index contributed by atoms with van der Waals surface area (Å²) in [7, 11) is 0. The lowest BCUT2D eigenvalue weighted by atomic mass is 10.1. The number of ether oxygens (including phenoxy) is 1. The first-order valence-corrected chi connectivity index (χ1v) is 10.8. The molecule has 33 heavy (non-hydrogen) atoms. The van der Waals surface area contributed by atoms with Crippen LogP contribution < -0.4 is 10.9 Å². The Labute approximate surface area is 192 Å². The van der Waals surface area contributed by atoms with Gasteiger partial charge in [0, 0.05) is 18.2 Å². The fraction of sp³-hybridized carbons (Fsp3) is 0.148. The molecule has 6 heteroatoms. The Hall–Kier alpha value is -4.03. The standard InChI is InChI=1S/C27H25N3O3/c31-26(18-30-27(32)16-15-25(29-30)24-9-5-2-6-10-24)28-17-21-11-13-23(14-12-21)20-33-19-22-7-3-1-4-8-22/h1-16H,17-20H2,(H,28,31). The number of hydrogen-bond acceptors (Lipinski definition) is 4. The maximum absolute atomic E-state index is 12.4. The lowest BCUT2D eigenvalue weighted by molar-refractivity contribution is -0.122. The van der Waals surface area contributed by atoms with Crippen molar-refractivity contribution < 1.29 is 9.53 Å². The van der Waals surface area contributed by atoms with Crippen LogP contribution in [0, 0.1) is 0 Å². The summed E-state index contributed by atoms with van der Waals surface area (Å²) in [5, 5.41) is 7.18. The van der Waals surface area contributed by atoms with Crippen LogP contribution in [0.2, 0.25) is 0 Å². The summed E-state index contributed by atoms with van der Waals surface area (Å²) >= 11 is 0. The molecule has 1 amide bonds. The van der Waals surface area contributed by atoms with Gasteiger partial charge in [-0.2, -0.15) is 5.10 Å².